The monoisotopic (exact) mass is 619 g/mol. The van der Waals surface area contributed by atoms with Crippen LogP contribution in [0.25, 0.3) is 21.9 Å². The molecule has 1 atom stereocenters. The van der Waals surface area contributed by atoms with E-state index >= 15 is 0 Å². The molecular weight excluding hydrogens is 578 g/mol. The van der Waals surface area contributed by atoms with E-state index in [4.69, 9.17) is 24.2 Å². The molecule has 2 aliphatic heterocycles. The normalized spacial score (nSPS) is 17.7. The van der Waals surface area contributed by atoms with Gasteiger partial charge in [0.15, 0.2) is 0 Å². The van der Waals surface area contributed by atoms with Gasteiger partial charge in [-0.3, -0.25) is 9.88 Å². The molecule has 0 bridgehead atoms. The highest BCUT2D eigenvalue weighted by Crippen LogP contribution is 2.30. The lowest BCUT2D eigenvalue weighted by Crippen LogP contribution is -2.35. The lowest BCUT2D eigenvalue weighted by Gasteiger charge is -2.32. The topological polar surface area (TPSA) is 91.6 Å². The molecule has 0 unspecified atom stereocenters. The number of para-hydroxylation sites is 1. The first-order valence-corrected chi connectivity index (χ1v) is 16.3. The summed E-state index contributed by atoms with van der Waals surface area (Å²) in [6.07, 6.45) is 5.05. The van der Waals surface area contributed by atoms with Crippen LogP contribution >= 0.6 is 0 Å². The van der Waals surface area contributed by atoms with Crippen molar-refractivity contribution in [3.8, 4) is 5.88 Å². The molecule has 5 heterocycles. The number of hydrogen-bond acceptors (Lipinski definition) is 8. The third-order valence-corrected chi connectivity index (χ3v) is 8.85. The fraction of sp³-hybridized carbons (Fsp3) is 0.405. The number of fused-ring (bicyclic) bond motifs is 2. The van der Waals surface area contributed by atoms with Crippen LogP contribution in [0.3, 0.4) is 0 Å². The van der Waals surface area contributed by atoms with Crippen LogP contribution in [0.15, 0.2) is 72.9 Å². The first-order valence-electron chi connectivity index (χ1n) is 16.3. The van der Waals surface area contributed by atoms with Crippen molar-refractivity contribution >= 4 is 27.9 Å². The van der Waals surface area contributed by atoms with Crippen molar-refractivity contribution < 1.29 is 19.0 Å². The summed E-state index contributed by atoms with van der Waals surface area (Å²) in [5, 5.41) is 1.11. The van der Waals surface area contributed by atoms with Crippen molar-refractivity contribution in [2.24, 2.45) is 0 Å². The third kappa shape index (κ3) is 6.76. The minimum absolute atomic E-state index is 0.171. The maximum Gasteiger partial charge on any atom is 0.338 e. The molecule has 0 N–H and O–H groups in total. The van der Waals surface area contributed by atoms with Gasteiger partial charge in [0, 0.05) is 41.4 Å². The highest BCUT2D eigenvalue weighted by Gasteiger charge is 2.27. The second kappa shape index (κ2) is 12.8. The van der Waals surface area contributed by atoms with Gasteiger partial charge in [0.2, 0.25) is 5.88 Å². The molecule has 2 aromatic carbocycles. The van der Waals surface area contributed by atoms with Gasteiger partial charge >= 0.3 is 5.97 Å². The van der Waals surface area contributed by atoms with Crippen LogP contribution in [-0.4, -0.2) is 61.8 Å². The molecule has 0 spiro atoms. The van der Waals surface area contributed by atoms with E-state index in [-0.39, 0.29) is 12.1 Å². The van der Waals surface area contributed by atoms with Crippen LogP contribution < -0.4 is 4.74 Å². The van der Waals surface area contributed by atoms with Crippen molar-refractivity contribution in [2.75, 3.05) is 19.7 Å². The number of aromatic nitrogens is 4. The lowest BCUT2D eigenvalue weighted by molar-refractivity contribution is -0.0592. The second-order valence-corrected chi connectivity index (χ2v) is 13.4. The quantitative estimate of drug-likeness (QED) is 0.169. The summed E-state index contributed by atoms with van der Waals surface area (Å²) in [4.78, 5) is 29.8. The summed E-state index contributed by atoms with van der Waals surface area (Å²) < 4.78 is 19.8. The second-order valence-electron chi connectivity index (χ2n) is 13.4. The van der Waals surface area contributed by atoms with Crippen molar-refractivity contribution in [2.45, 2.75) is 77.4 Å². The number of rotatable bonds is 9. The molecule has 0 amide bonds. The molecule has 2 saturated heterocycles. The number of carbonyl (C=O) groups excluding carboxylic acids is 1. The highest BCUT2D eigenvalue weighted by atomic mass is 16.6. The van der Waals surface area contributed by atoms with Crippen molar-refractivity contribution in [3.63, 3.8) is 0 Å². The van der Waals surface area contributed by atoms with Gasteiger partial charge in [-0.25, -0.2) is 14.8 Å². The maximum atomic E-state index is 12.8. The van der Waals surface area contributed by atoms with Crippen molar-refractivity contribution in [1.82, 2.24) is 24.4 Å². The van der Waals surface area contributed by atoms with Gasteiger partial charge in [-0.05, 0) is 83.5 Å². The average Bonchev–Trinajstić information content (AvgIpc) is 3.37. The Kier molecular flexibility index (Phi) is 8.44. The summed E-state index contributed by atoms with van der Waals surface area (Å²) in [6.45, 7) is 10.2. The van der Waals surface area contributed by atoms with Gasteiger partial charge in [-0.1, -0.05) is 30.3 Å². The van der Waals surface area contributed by atoms with Crippen LogP contribution in [-0.2, 0) is 29.2 Å². The number of carbonyl (C=O) groups is 1. The Balaban J connectivity index is 1.02. The Morgan fingerprint density at radius 1 is 0.978 bits per heavy atom. The zero-order chi connectivity index (χ0) is 31.7. The molecule has 0 radical (unpaired) electrons. The van der Waals surface area contributed by atoms with Gasteiger partial charge in [0.05, 0.1) is 41.3 Å². The first-order chi connectivity index (χ1) is 22.3. The zero-order valence-corrected chi connectivity index (χ0v) is 26.8. The molecule has 2 aliphatic rings. The number of ether oxygens (including phenoxy) is 3. The van der Waals surface area contributed by atoms with E-state index < -0.39 is 5.60 Å². The Hall–Kier alpha value is -4.34. The molecular formula is C37H41N5O4. The molecule has 5 aromatic rings. The van der Waals surface area contributed by atoms with Crippen LogP contribution in [0.4, 0.5) is 0 Å². The van der Waals surface area contributed by atoms with Gasteiger partial charge in [-0.15, -0.1) is 0 Å². The van der Waals surface area contributed by atoms with Crippen molar-refractivity contribution in [1.29, 1.82) is 0 Å². The fourth-order valence-electron chi connectivity index (χ4n) is 6.35. The maximum absolute atomic E-state index is 12.8. The Bertz CT molecular complexity index is 1850. The largest absolute Gasteiger partial charge is 0.473 e. The number of pyridine rings is 2. The third-order valence-electron chi connectivity index (χ3n) is 8.85. The number of piperidine rings is 1. The zero-order valence-electron chi connectivity index (χ0n) is 26.8. The summed E-state index contributed by atoms with van der Waals surface area (Å²) in [7, 11) is 0. The Labute approximate surface area is 269 Å². The van der Waals surface area contributed by atoms with E-state index in [1.807, 2.05) is 69.4 Å². The number of nitrogens with zero attached hydrogens (tertiary/aromatic N) is 5. The molecule has 46 heavy (non-hydrogen) atoms. The Morgan fingerprint density at radius 3 is 2.57 bits per heavy atom. The van der Waals surface area contributed by atoms with Crippen LogP contribution in [0.5, 0.6) is 5.88 Å². The SMILES string of the molecule is CC(C)(C)OC(=O)c1ccc2nc(CN3CCC(c4cccc(OCc5cccc6cccnc56)n4)CC3)n(C[C@@H]3CCO3)c2c1. The molecule has 2 fully saturated rings. The van der Waals surface area contributed by atoms with Gasteiger partial charge in [-0.2, -0.15) is 0 Å². The van der Waals surface area contributed by atoms with Gasteiger partial charge in [0.25, 0.3) is 0 Å². The average molecular weight is 620 g/mol. The molecule has 9 heteroatoms. The van der Waals surface area contributed by atoms with Crippen molar-refractivity contribution in [3.05, 3.63) is 95.6 Å². The van der Waals surface area contributed by atoms with Crippen LogP contribution in [0, 0.1) is 0 Å². The number of hydrogen-bond donors (Lipinski definition) is 0. The molecule has 3 aromatic heterocycles. The lowest BCUT2D eigenvalue weighted by atomic mass is 9.93. The van der Waals surface area contributed by atoms with Crippen LogP contribution in [0.2, 0.25) is 0 Å². The predicted octanol–water partition coefficient (Wildman–Crippen LogP) is 6.68. The van der Waals surface area contributed by atoms with Crippen LogP contribution in [0.1, 0.15) is 73.4 Å². The first kappa shape index (κ1) is 30.3. The van der Waals surface area contributed by atoms with E-state index in [0.29, 0.717) is 24.0 Å². The van der Waals surface area contributed by atoms with E-state index in [1.54, 1.807) is 0 Å². The summed E-state index contributed by atoms with van der Waals surface area (Å²) in [5.74, 6) is 1.70. The predicted molar refractivity (Wildman–Crippen MR) is 177 cm³/mol. The minimum atomic E-state index is -0.553. The molecule has 7 rings (SSSR count). The fourth-order valence-corrected chi connectivity index (χ4v) is 6.35. The summed E-state index contributed by atoms with van der Waals surface area (Å²) in [5.41, 5.74) is 4.92. The summed E-state index contributed by atoms with van der Waals surface area (Å²) >= 11 is 0. The highest BCUT2D eigenvalue weighted by molar-refractivity contribution is 5.94. The standard InChI is InChI=1S/C37H41N5O4/c1-37(2,3)46-36(43)27-12-13-31-32(21-27)42(22-29-16-20-44-29)33(39-31)23-41-18-14-25(15-19-41)30-10-5-11-34(40-30)45-24-28-8-4-7-26-9-6-17-38-35(26)28/h4-13,17,21,25,29H,14-16,18-20,22-24H2,1-3H3/t29-/m0/s1. The van der Waals surface area contributed by atoms with E-state index in [1.165, 1.54) is 0 Å². The molecule has 9 nitrogen and oxygen atoms in total. The van der Waals surface area contributed by atoms with Gasteiger partial charge in [0.1, 0.15) is 18.0 Å². The number of esters is 1. The van der Waals surface area contributed by atoms with Gasteiger partial charge < -0.3 is 18.8 Å². The molecule has 0 aliphatic carbocycles. The molecule has 0 saturated carbocycles. The van der Waals surface area contributed by atoms with E-state index in [2.05, 4.69) is 38.7 Å². The van der Waals surface area contributed by atoms with E-state index in [0.717, 1.165) is 91.1 Å². The number of likely N-dealkylation sites (tertiary alicyclic amines) is 1. The van der Waals surface area contributed by atoms with E-state index in [9.17, 15) is 4.79 Å². The smallest absolute Gasteiger partial charge is 0.338 e. The number of imidazole rings is 1. The number of benzene rings is 2. The Morgan fingerprint density at radius 2 is 1.78 bits per heavy atom. The minimum Gasteiger partial charge on any atom is -0.473 e. The molecule has 238 valence electrons. The summed E-state index contributed by atoms with van der Waals surface area (Å²) in [6, 6.07) is 21.9.